The van der Waals surface area contributed by atoms with E-state index in [0.717, 1.165) is 34.6 Å². The van der Waals surface area contributed by atoms with E-state index in [0.29, 0.717) is 31.2 Å². The summed E-state index contributed by atoms with van der Waals surface area (Å²) in [4.78, 5) is 16.8. The second-order valence-corrected chi connectivity index (χ2v) is 7.26. The van der Waals surface area contributed by atoms with E-state index in [4.69, 9.17) is 19.7 Å². The van der Waals surface area contributed by atoms with Gasteiger partial charge in [0.25, 0.3) is 0 Å². The lowest BCUT2D eigenvalue weighted by molar-refractivity contribution is -0.147. The van der Waals surface area contributed by atoms with Gasteiger partial charge in [0.15, 0.2) is 0 Å². The van der Waals surface area contributed by atoms with E-state index >= 15 is 0 Å². The highest BCUT2D eigenvalue weighted by molar-refractivity contribution is 5.78. The van der Waals surface area contributed by atoms with E-state index in [1.165, 1.54) is 12.1 Å². The standard InChI is InChI=1S/C23H25N3O4/c1-15-20(25-22(30-15)17-6-4-3-5-7-17)11-13-29-18-9-8-16-10-12-26(24)21(19(16)14-18)23(27)28-2/h3-9,14,21H,10-13,24H2,1-2H3. The molecule has 1 aromatic heterocycles. The summed E-state index contributed by atoms with van der Waals surface area (Å²) in [7, 11) is 1.37. The van der Waals surface area contributed by atoms with Crippen LogP contribution in [0.4, 0.5) is 0 Å². The van der Waals surface area contributed by atoms with E-state index in [1.54, 1.807) is 0 Å². The molecule has 0 bridgehead atoms. The van der Waals surface area contributed by atoms with Gasteiger partial charge in [0.1, 0.15) is 17.6 Å². The van der Waals surface area contributed by atoms with Crippen LogP contribution in [0.2, 0.25) is 0 Å². The minimum absolute atomic E-state index is 0.373. The van der Waals surface area contributed by atoms with Crippen LogP contribution in [0.15, 0.2) is 52.9 Å². The number of rotatable bonds is 6. The van der Waals surface area contributed by atoms with Gasteiger partial charge in [0.2, 0.25) is 5.89 Å². The van der Waals surface area contributed by atoms with E-state index in [2.05, 4.69) is 4.98 Å². The highest BCUT2D eigenvalue weighted by Gasteiger charge is 2.32. The quantitative estimate of drug-likeness (QED) is 0.495. The average molecular weight is 407 g/mol. The molecule has 2 aromatic carbocycles. The first-order valence-corrected chi connectivity index (χ1v) is 9.93. The number of nitrogens with zero attached hydrogens (tertiary/aromatic N) is 2. The molecular formula is C23H25N3O4. The van der Waals surface area contributed by atoms with Gasteiger partial charge in [-0.3, -0.25) is 5.84 Å². The molecule has 1 atom stereocenters. The number of ether oxygens (including phenoxy) is 2. The lowest BCUT2D eigenvalue weighted by Crippen LogP contribution is -2.44. The van der Waals surface area contributed by atoms with E-state index in [9.17, 15) is 4.79 Å². The molecule has 0 radical (unpaired) electrons. The largest absolute Gasteiger partial charge is 0.493 e. The van der Waals surface area contributed by atoms with E-state index < -0.39 is 6.04 Å². The predicted octanol–water partition coefficient (Wildman–Crippen LogP) is 3.22. The number of nitrogens with two attached hydrogens (primary N) is 1. The van der Waals surface area contributed by atoms with Crippen molar-refractivity contribution in [2.45, 2.75) is 25.8 Å². The predicted molar refractivity (Wildman–Crippen MR) is 112 cm³/mol. The molecule has 3 aromatic rings. The van der Waals surface area contributed by atoms with Crippen LogP contribution in [-0.2, 0) is 22.4 Å². The fourth-order valence-corrected chi connectivity index (χ4v) is 3.71. The maximum absolute atomic E-state index is 12.2. The number of aromatic nitrogens is 1. The van der Waals surface area contributed by atoms with Crippen LogP contribution >= 0.6 is 0 Å². The molecule has 1 unspecified atom stereocenters. The fraction of sp³-hybridized carbons (Fsp3) is 0.304. The van der Waals surface area contributed by atoms with Crippen molar-refractivity contribution in [3.63, 3.8) is 0 Å². The second-order valence-electron chi connectivity index (χ2n) is 7.26. The zero-order valence-corrected chi connectivity index (χ0v) is 17.1. The van der Waals surface area contributed by atoms with Gasteiger partial charge < -0.3 is 13.9 Å². The molecular weight excluding hydrogens is 382 g/mol. The normalized spacial score (nSPS) is 16.2. The van der Waals surface area contributed by atoms with Crippen LogP contribution < -0.4 is 10.6 Å². The molecule has 0 saturated heterocycles. The number of hydrogen-bond acceptors (Lipinski definition) is 7. The summed E-state index contributed by atoms with van der Waals surface area (Å²) in [6.45, 7) is 2.95. The Morgan fingerprint density at radius 1 is 1.27 bits per heavy atom. The van der Waals surface area contributed by atoms with Gasteiger partial charge in [0.05, 0.1) is 19.4 Å². The Hall–Kier alpha value is -3.16. The lowest BCUT2D eigenvalue weighted by Gasteiger charge is -2.32. The van der Waals surface area contributed by atoms with Gasteiger partial charge in [-0.25, -0.2) is 14.8 Å². The lowest BCUT2D eigenvalue weighted by atomic mass is 9.93. The summed E-state index contributed by atoms with van der Waals surface area (Å²) < 4.78 is 16.7. The minimum atomic E-state index is -0.617. The van der Waals surface area contributed by atoms with Crippen LogP contribution in [0.5, 0.6) is 5.75 Å². The number of hydrogen-bond donors (Lipinski definition) is 1. The molecule has 0 saturated carbocycles. The number of carbonyl (C=O) groups is 1. The maximum atomic E-state index is 12.2. The van der Waals surface area contributed by atoms with Gasteiger partial charge in [-0.2, -0.15) is 0 Å². The number of oxazole rings is 1. The number of benzene rings is 2. The SMILES string of the molecule is COC(=O)C1c2cc(OCCc3nc(-c4ccccc4)oc3C)ccc2CCN1N. The molecule has 0 amide bonds. The molecule has 7 heteroatoms. The van der Waals surface area contributed by atoms with Gasteiger partial charge >= 0.3 is 5.97 Å². The fourth-order valence-electron chi connectivity index (χ4n) is 3.71. The van der Waals surface area contributed by atoms with Gasteiger partial charge in [-0.15, -0.1) is 0 Å². The number of fused-ring (bicyclic) bond motifs is 1. The minimum Gasteiger partial charge on any atom is -0.493 e. The van der Waals surface area contributed by atoms with Crippen molar-refractivity contribution in [3.8, 4) is 17.2 Å². The van der Waals surface area contributed by atoms with Gasteiger partial charge in [-0.1, -0.05) is 24.3 Å². The number of methoxy groups -OCH3 is 1. The molecule has 0 aliphatic carbocycles. The van der Waals surface area contributed by atoms with Gasteiger partial charge in [-0.05, 0) is 48.7 Å². The smallest absolute Gasteiger partial charge is 0.329 e. The van der Waals surface area contributed by atoms with Crippen molar-refractivity contribution in [2.75, 3.05) is 20.3 Å². The Labute approximate surface area is 175 Å². The molecule has 2 heterocycles. The Balaban J connectivity index is 1.45. The molecule has 1 aliphatic rings. The molecule has 0 fully saturated rings. The molecule has 7 nitrogen and oxygen atoms in total. The van der Waals surface area contributed by atoms with Crippen LogP contribution in [0, 0.1) is 6.92 Å². The molecule has 156 valence electrons. The number of hydrazine groups is 1. The Morgan fingerprint density at radius 2 is 2.07 bits per heavy atom. The topological polar surface area (TPSA) is 90.8 Å². The van der Waals surface area contributed by atoms with Crippen LogP contribution in [0.3, 0.4) is 0 Å². The van der Waals surface area contributed by atoms with E-state index in [-0.39, 0.29) is 5.97 Å². The Kier molecular flexibility index (Phi) is 5.83. The zero-order chi connectivity index (χ0) is 21.1. The third-order valence-corrected chi connectivity index (χ3v) is 5.33. The summed E-state index contributed by atoms with van der Waals surface area (Å²) in [5, 5.41) is 1.52. The van der Waals surface area contributed by atoms with Crippen LogP contribution in [-0.4, -0.2) is 36.2 Å². The molecule has 2 N–H and O–H groups in total. The molecule has 1 aliphatic heterocycles. The summed E-state index contributed by atoms with van der Waals surface area (Å²) in [6, 6.07) is 15.0. The third-order valence-electron chi connectivity index (χ3n) is 5.33. The monoisotopic (exact) mass is 407 g/mol. The van der Waals surface area contributed by atoms with Crippen molar-refractivity contribution < 1.29 is 18.7 Å². The first-order valence-electron chi connectivity index (χ1n) is 9.93. The Morgan fingerprint density at radius 3 is 2.83 bits per heavy atom. The van der Waals surface area contributed by atoms with Crippen molar-refractivity contribution in [1.82, 2.24) is 9.99 Å². The maximum Gasteiger partial charge on any atom is 0.329 e. The zero-order valence-electron chi connectivity index (χ0n) is 17.1. The van der Waals surface area contributed by atoms with Crippen molar-refractivity contribution >= 4 is 5.97 Å². The third kappa shape index (κ3) is 4.08. The van der Waals surface area contributed by atoms with Crippen LogP contribution in [0.25, 0.3) is 11.5 Å². The van der Waals surface area contributed by atoms with Crippen molar-refractivity contribution in [2.24, 2.45) is 5.84 Å². The highest BCUT2D eigenvalue weighted by atomic mass is 16.5. The first-order chi connectivity index (χ1) is 14.6. The second kappa shape index (κ2) is 8.69. The highest BCUT2D eigenvalue weighted by Crippen LogP contribution is 2.32. The summed E-state index contributed by atoms with van der Waals surface area (Å²) in [6.07, 6.45) is 1.39. The van der Waals surface area contributed by atoms with Crippen LogP contribution in [0.1, 0.15) is 28.6 Å². The number of esters is 1. The molecule has 30 heavy (non-hydrogen) atoms. The number of carbonyl (C=O) groups excluding carboxylic acids is 1. The summed E-state index contributed by atoms with van der Waals surface area (Å²) in [5.74, 6) is 7.74. The van der Waals surface area contributed by atoms with Crippen molar-refractivity contribution in [3.05, 3.63) is 71.1 Å². The van der Waals surface area contributed by atoms with Crippen molar-refractivity contribution in [1.29, 1.82) is 0 Å². The summed E-state index contributed by atoms with van der Waals surface area (Å²) in [5.41, 5.74) is 3.73. The average Bonchev–Trinajstić information content (AvgIpc) is 3.14. The van der Waals surface area contributed by atoms with Gasteiger partial charge in [0, 0.05) is 18.5 Å². The van der Waals surface area contributed by atoms with E-state index in [1.807, 2.05) is 55.5 Å². The number of aryl methyl sites for hydroxylation is 1. The molecule has 4 rings (SSSR count). The summed E-state index contributed by atoms with van der Waals surface area (Å²) >= 11 is 0. The Bertz CT molecular complexity index is 1030. The first kappa shape index (κ1) is 20.1. The molecule has 0 spiro atoms.